The zero-order valence-corrected chi connectivity index (χ0v) is 28.1. The highest BCUT2D eigenvalue weighted by molar-refractivity contribution is 5.99. The SMILES string of the molecule is Cc1nn(C2CCC(=O)NC2=O)c(=O)c2cc(N3CCC(N4CCN(CC(=O)N5CCC(COc6cncnc6)CC5)CC4)CC3)ccc12. The molecule has 4 aliphatic rings. The van der Waals surface area contributed by atoms with Crippen molar-refractivity contribution < 1.29 is 19.1 Å². The van der Waals surface area contributed by atoms with E-state index in [4.69, 9.17) is 4.74 Å². The van der Waals surface area contributed by atoms with Gasteiger partial charge in [-0.15, -0.1) is 0 Å². The third kappa shape index (κ3) is 7.44. The van der Waals surface area contributed by atoms with Gasteiger partial charge in [-0.3, -0.25) is 34.3 Å². The second-order valence-electron chi connectivity index (χ2n) is 13.8. The van der Waals surface area contributed by atoms with E-state index in [2.05, 4.69) is 41.1 Å². The molecule has 4 aliphatic heterocycles. The molecular weight excluding hydrogens is 626 g/mol. The van der Waals surface area contributed by atoms with Crippen molar-refractivity contribution in [3.8, 4) is 5.75 Å². The van der Waals surface area contributed by atoms with Gasteiger partial charge in [0.25, 0.3) is 11.5 Å². The number of aryl methyl sites for hydroxylation is 1. The Hall–Kier alpha value is -4.43. The van der Waals surface area contributed by atoms with Crippen LogP contribution in [0.25, 0.3) is 10.8 Å². The van der Waals surface area contributed by atoms with Crippen molar-refractivity contribution in [2.75, 3.05) is 70.4 Å². The Morgan fingerprint density at radius 2 is 1.63 bits per heavy atom. The number of rotatable bonds is 8. The number of carbonyl (C=O) groups excluding carboxylic acids is 3. The summed E-state index contributed by atoms with van der Waals surface area (Å²) in [5, 5.41) is 8.10. The fourth-order valence-corrected chi connectivity index (χ4v) is 7.72. The summed E-state index contributed by atoms with van der Waals surface area (Å²) in [6.45, 7) is 10.0. The largest absolute Gasteiger partial charge is 0.490 e. The Bertz CT molecular complexity index is 1730. The van der Waals surface area contributed by atoms with Crippen LogP contribution in [-0.2, 0) is 14.4 Å². The lowest BCUT2D eigenvalue weighted by Crippen LogP contribution is -2.55. The van der Waals surface area contributed by atoms with Crippen LogP contribution >= 0.6 is 0 Å². The van der Waals surface area contributed by atoms with Crippen LogP contribution in [0.3, 0.4) is 0 Å². The minimum absolute atomic E-state index is 0.187. The Balaban J connectivity index is 0.871. The van der Waals surface area contributed by atoms with Crippen LogP contribution in [0, 0.1) is 12.8 Å². The first-order valence-electron chi connectivity index (χ1n) is 17.6. The van der Waals surface area contributed by atoms with Gasteiger partial charge in [0.05, 0.1) is 36.6 Å². The van der Waals surface area contributed by atoms with Gasteiger partial charge in [-0.1, -0.05) is 6.07 Å². The summed E-state index contributed by atoms with van der Waals surface area (Å²) in [7, 11) is 0. The van der Waals surface area contributed by atoms with E-state index in [1.54, 1.807) is 12.4 Å². The number of likely N-dealkylation sites (tertiary alicyclic amines) is 1. The number of benzene rings is 1. The van der Waals surface area contributed by atoms with Crippen LogP contribution in [0.1, 0.15) is 50.3 Å². The number of carbonyl (C=O) groups is 3. The number of amides is 3. The van der Waals surface area contributed by atoms with Crippen molar-refractivity contribution >= 4 is 34.2 Å². The number of ether oxygens (including phenoxy) is 1. The van der Waals surface area contributed by atoms with Gasteiger partial charge in [-0.05, 0) is 57.1 Å². The molecule has 0 spiro atoms. The molecule has 4 fully saturated rings. The van der Waals surface area contributed by atoms with Crippen LogP contribution in [0.15, 0.2) is 41.7 Å². The fraction of sp³-hybridized carbons (Fsp3) is 0.571. The Labute approximate surface area is 285 Å². The summed E-state index contributed by atoms with van der Waals surface area (Å²) >= 11 is 0. The molecule has 6 heterocycles. The molecule has 14 nitrogen and oxygen atoms in total. The van der Waals surface area contributed by atoms with Crippen LogP contribution in [0.5, 0.6) is 5.75 Å². The van der Waals surface area contributed by atoms with E-state index in [0.29, 0.717) is 41.9 Å². The molecular formula is C35H45N9O5. The van der Waals surface area contributed by atoms with E-state index in [1.807, 2.05) is 24.0 Å². The molecule has 1 N–H and O–H groups in total. The van der Waals surface area contributed by atoms with Crippen molar-refractivity contribution in [3.05, 3.63) is 53.0 Å². The molecule has 0 saturated carbocycles. The van der Waals surface area contributed by atoms with E-state index in [0.717, 1.165) is 89.1 Å². The number of piperidine rings is 3. The van der Waals surface area contributed by atoms with E-state index in [-0.39, 0.29) is 30.2 Å². The highest BCUT2D eigenvalue weighted by Gasteiger charge is 2.32. The summed E-state index contributed by atoms with van der Waals surface area (Å²) < 4.78 is 7.08. The fourth-order valence-electron chi connectivity index (χ4n) is 7.72. The molecule has 0 radical (unpaired) electrons. The smallest absolute Gasteiger partial charge is 0.275 e. The van der Waals surface area contributed by atoms with E-state index in [1.165, 1.54) is 11.0 Å². The first kappa shape index (κ1) is 33.1. The van der Waals surface area contributed by atoms with Gasteiger partial charge >= 0.3 is 0 Å². The molecule has 49 heavy (non-hydrogen) atoms. The van der Waals surface area contributed by atoms with Gasteiger partial charge in [0.2, 0.25) is 11.8 Å². The molecule has 1 atom stereocenters. The van der Waals surface area contributed by atoms with Gasteiger partial charge in [0, 0.05) is 75.9 Å². The molecule has 260 valence electrons. The molecule has 1 aromatic carbocycles. The van der Waals surface area contributed by atoms with Gasteiger partial charge < -0.3 is 14.5 Å². The summed E-state index contributed by atoms with van der Waals surface area (Å²) in [5.41, 5.74) is 1.36. The number of nitrogens with zero attached hydrogens (tertiary/aromatic N) is 8. The number of hydrogen-bond donors (Lipinski definition) is 1. The van der Waals surface area contributed by atoms with Crippen molar-refractivity contribution in [2.45, 2.75) is 57.5 Å². The number of nitrogens with one attached hydrogen (secondary N) is 1. The maximum absolute atomic E-state index is 13.5. The van der Waals surface area contributed by atoms with Gasteiger partial charge in [0.1, 0.15) is 12.4 Å². The van der Waals surface area contributed by atoms with Crippen molar-refractivity contribution in [1.29, 1.82) is 0 Å². The third-order valence-electron chi connectivity index (χ3n) is 10.7. The third-order valence-corrected chi connectivity index (χ3v) is 10.7. The number of anilines is 1. The van der Waals surface area contributed by atoms with Crippen LogP contribution in [0.4, 0.5) is 5.69 Å². The Kier molecular flexibility index (Phi) is 9.85. The van der Waals surface area contributed by atoms with Crippen molar-refractivity contribution in [1.82, 2.24) is 39.8 Å². The molecule has 3 aromatic rings. The maximum Gasteiger partial charge on any atom is 0.275 e. The number of aromatic nitrogens is 4. The number of hydrogen-bond acceptors (Lipinski definition) is 11. The quantitative estimate of drug-likeness (QED) is 0.347. The monoisotopic (exact) mass is 671 g/mol. The minimum Gasteiger partial charge on any atom is -0.490 e. The van der Waals surface area contributed by atoms with Crippen LogP contribution in [-0.4, -0.2) is 124 Å². The summed E-state index contributed by atoms with van der Waals surface area (Å²) in [4.78, 5) is 68.0. The Morgan fingerprint density at radius 3 is 2.35 bits per heavy atom. The second kappa shape index (κ2) is 14.6. The molecule has 1 unspecified atom stereocenters. The van der Waals surface area contributed by atoms with Crippen LogP contribution < -0.4 is 20.5 Å². The summed E-state index contributed by atoms with van der Waals surface area (Å²) in [6.07, 6.45) is 9.25. The molecule has 0 bridgehead atoms. The first-order chi connectivity index (χ1) is 23.8. The molecule has 3 amide bonds. The molecule has 7 rings (SSSR count). The minimum atomic E-state index is -0.786. The molecule has 2 aromatic heterocycles. The standard InChI is InChI=1S/C35H45N9O5/c1-24-29-3-2-27(18-30(29)35(48)44(39-24)31-4-5-32(45)38-34(31)47)41-12-8-26(9-13-41)42-16-14-40(15-17-42)21-33(46)43-10-6-25(7-11-43)22-49-28-19-36-23-37-20-28/h2-3,18-20,23,25-26,31H,4-17,21-22H2,1H3,(H,38,45,47). The topological polar surface area (TPSA) is 146 Å². The first-order valence-corrected chi connectivity index (χ1v) is 17.6. The van der Waals surface area contributed by atoms with Crippen LogP contribution in [0.2, 0.25) is 0 Å². The van der Waals surface area contributed by atoms with E-state index < -0.39 is 11.9 Å². The van der Waals surface area contributed by atoms with Crippen molar-refractivity contribution in [3.63, 3.8) is 0 Å². The predicted molar refractivity (Wildman–Crippen MR) is 182 cm³/mol. The highest BCUT2D eigenvalue weighted by Crippen LogP contribution is 2.28. The van der Waals surface area contributed by atoms with E-state index >= 15 is 0 Å². The average Bonchev–Trinajstić information content (AvgIpc) is 3.13. The molecule has 14 heteroatoms. The van der Waals surface area contributed by atoms with Gasteiger partial charge in [-0.25, -0.2) is 14.6 Å². The second-order valence-corrected chi connectivity index (χ2v) is 13.8. The summed E-state index contributed by atoms with van der Waals surface area (Å²) in [5.74, 6) is 0.546. The Morgan fingerprint density at radius 1 is 0.898 bits per heavy atom. The van der Waals surface area contributed by atoms with Crippen molar-refractivity contribution in [2.24, 2.45) is 5.92 Å². The molecule has 0 aliphatic carbocycles. The number of piperazine rings is 1. The van der Waals surface area contributed by atoms with E-state index in [9.17, 15) is 19.2 Å². The number of fused-ring (bicyclic) bond motifs is 1. The van der Waals surface area contributed by atoms with Gasteiger partial charge in [-0.2, -0.15) is 5.10 Å². The zero-order valence-electron chi connectivity index (χ0n) is 28.1. The predicted octanol–water partition coefficient (Wildman–Crippen LogP) is 1.38. The lowest BCUT2D eigenvalue weighted by atomic mass is 9.97. The lowest BCUT2D eigenvalue weighted by molar-refractivity contribution is -0.136. The molecule has 4 saturated heterocycles. The lowest BCUT2D eigenvalue weighted by Gasteiger charge is -2.43. The zero-order chi connectivity index (χ0) is 33.9. The normalized spacial score (nSPS) is 22.0. The van der Waals surface area contributed by atoms with Gasteiger partial charge in [0.15, 0.2) is 5.75 Å². The maximum atomic E-state index is 13.5. The average molecular weight is 672 g/mol. The number of imide groups is 1. The highest BCUT2D eigenvalue weighted by atomic mass is 16.5. The summed E-state index contributed by atoms with van der Waals surface area (Å²) in [6, 6.07) is 5.65.